The van der Waals surface area contributed by atoms with Gasteiger partial charge in [-0.1, -0.05) is 43.2 Å². The molecule has 1 aromatic heterocycles. The maximum Gasteiger partial charge on any atom is 0.374 e. The lowest BCUT2D eigenvalue weighted by Crippen LogP contribution is -2.00. The predicted molar refractivity (Wildman–Crippen MR) is 110 cm³/mol. The van der Waals surface area contributed by atoms with Crippen molar-refractivity contribution in [1.29, 1.82) is 0 Å². The standard InChI is InChI=1S/C14H13BI2N2S/c1-3-14-13(9-10-19(14)20-15(16)17)11(2)18-12-7-5-4-6-8-12/h3-10,18H,1-2H2. The van der Waals surface area contributed by atoms with E-state index in [-0.39, 0.29) is 0 Å². The number of halogens is 2. The van der Waals surface area contributed by atoms with E-state index in [9.17, 15) is 0 Å². The molecule has 102 valence electrons. The average Bonchev–Trinajstić information content (AvgIpc) is 2.81. The van der Waals surface area contributed by atoms with Crippen LogP contribution in [0.2, 0.25) is 0 Å². The van der Waals surface area contributed by atoms with Crippen LogP contribution in [0.3, 0.4) is 0 Å². The SMILES string of the molecule is C=Cc1c(C(=C)Nc2ccccc2)ccn1SB(I)I. The molecule has 0 aliphatic rings. The van der Waals surface area contributed by atoms with E-state index in [1.807, 2.05) is 36.4 Å². The summed E-state index contributed by atoms with van der Waals surface area (Å²) in [7, 11) is 0. The fraction of sp³-hybridized carbons (Fsp3) is 0. The highest BCUT2D eigenvalue weighted by Gasteiger charge is 2.13. The maximum absolute atomic E-state index is 4.14. The van der Waals surface area contributed by atoms with Crippen LogP contribution in [0.15, 0.2) is 55.8 Å². The van der Waals surface area contributed by atoms with Crippen molar-refractivity contribution in [2.24, 2.45) is 0 Å². The second-order valence-corrected chi connectivity index (χ2v) is 11.6. The number of rotatable bonds is 6. The zero-order valence-electron chi connectivity index (χ0n) is 10.7. The lowest BCUT2D eigenvalue weighted by atomic mass is 10.2. The van der Waals surface area contributed by atoms with Gasteiger partial charge in [-0.05, 0) is 24.3 Å². The summed E-state index contributed by atoms with van der Waals surface area (Å²) in [4.78, 5) is 0. The Morgan fingerprint density at radius 1 is 1.25 bits per heavy atom. The van der Waals surface area contributed by atoms with Crippen LogP contribution in [0, 0.1) is 0 Å². The molecule has 0 fully saturated rings. The van der Waals surface area contributed by atoms with Crippen molar-refractivity contribution in [3.05, 3.63) is 67.0 Å². The van der Waals surface area contributed by atoms with E-state index >= 15 is 0 Å². The maximum atomic E-state index is 4.14. The van der Waals surface area contributed by atoms with Gasteiger partial charge in [0.1, 0.15) is 0 Å². The van der Waals surface area contributed by atoms with E-state index in [4.69, 9.17) is 0 Å². The lowest BCUT2D eigenvalue weighted by Gasteiger charge is -2.11. The van der Waals surface area contributed by atoms with Gasteiger partial charge in [0.15, 0.2) is 0 Å². The van der Waals surface area contributed by atoms with Gasteiger partial charge in [-0.25, -0.2) is 0 Å². The Bertz CT molecular complexity index is 611. The molecular weight excluding hydrogens is 493 g/mol. The van der Waals surface area contributed by atoms with Gasteiger partial charge < -0.3 is 5.32 Å². The van der Waals surface area contributed by atoms with Gasteiger partial charge in [-0.3, -0.25) is 3.97 Å². The average molecular weight is 506 g/mol. The van der Waals surface area contributed by atoms with Crippen molar-refractivity contribution in [3.63, 3.8) is 0 Å². The third-order valence-electron chi connectivity index (χ3n) is 2.67. The summed E-state index contributed by atoms with van der Waals surface area (Å²) >= 11 is 6.51. The summed E-state index contributed by atoms with van der Waals surface area (Å²) in [6, 6.07) is 12.1. The van der Waals surface area contributed by atoms with E-state index < -0.39 is 0 Å². The van der Waals surface area contributed by atoms with Crippen molar-refractivity contribution < 1.29 is 0 Å². The predicted octanol–water partition coefficient (Wildman–Crippen LogP) is 5.57. The van der Waals surface area contributed by atoms with Gasteiger partial charge in [0.25, 0.3) is 0 Å². The molecule has 0 saturated heterocycles. The Hall–Kier alpha value is -0.345. The first kappa shape index (κ1) is 16.0. The smallest absolute Gasteiger partial charge is 0.355 e. The quantitative estimate of drug-likeness (QED) is 0.408. The molecule has 0 aliphatic heterocycles. The number of nitrogens with one attached hydrogen (secondary N) is 1. The van der Waals surface area contributed by atoms with Gasteiger partial charge in [0, 0.05) is 23.1 Å². The van der Waals surface area contributed by atoms with Gasteiger partial charge in [-0.15, -0.1) is 44.7 Å². The second kappa shape index (κ2) is 7.60. The highest BCUT2D eigenvalue weighted by molar-refractivity contribution is 14.3. The van der Waals surface area contributed by atoms with Crippen LogP contribution >= 0.6 is 56.5 Å². The third kappa shape index (κ3) is 4.08. The van der Waals surface area contributed by atoms with Crippen molar-refractivity contribution in [2.75, 3.05) is 5.32 Å². The molecule has 0 bridgehead atoms. The zero-order valence-corrected chi connectivity index (χ0v) is 15.9. The van der Waals surface area contributed by atoms with Crippen LogP contribution in [0.25, 0.3) is 11.8 Å². The summed E-state index contributed by atoms with van der Waals surface area (Å²) in [6.45, 7) is 8.05. The molecule has 0 unspecified atom stereocenters. The van der Waals surface area contributed by atoms with Crippen LogP contribution in [0.5, 0.6) is 0 Å². The Morgan fingerprint density at radius 3 is 2.55 bits per heavy atom. The van der Waals surface area contributed by atoms with Crippen molar-refractivity contribution in [1.82, 2.24) is 3.97 Å². The first-order valence-electron chi connectivity index (χ1n) is 5.92. The summed E-state index contributed by atoms with van der Waals surface area (Å²) < 4.78 is 2.59. The molecule has 0 amide bonds. The van der Waals surface area contributed by atoms with Gasteiger partial charge in [0.2, 0.25) is 0 Å². The highest BCUT2D eigenvalue weighted by Crippen LogP contribution is 2.29. The van der Waals surface area contributed by atoms with E-state index in [0.29, 0.717) is 1.70 Å². The number of aromatic nitrogens is 1. The van der Waals surface area contributed by atoms with Crippen molar-refractivity contribution in [3.8, 4) is 0 Å². The summed E-state index contributed by atoms with van der Waals surface area (Å²) in [5.41, 5.74) is 4.06. The number of anilines is 1. The van der Waals surface area contributed by atoms with Gasteiger partial charge >= 0.3 is 1.70 Å². The molecule has 20 heavy (non-hydrogen) atoms. The molecule has 2 nitrogen and oxygen atoms in total. The second-order valence-electron chi connectivity index (χ2n) is 3.98. The lowest BCUT2D eigenvalue weighted by molar-refractivity contribution is 1.27. The van der Waals surface area contributed by atoms with E-state index in [1.54, 1.807) is 11.8 Å². The summed E-state index contributed by atoms with van der Waals surface area (Å²) in [5.74, 6) is 0. The van der Waals surface area contributed by atoms with Crippen LogP contribution in [0.4, 0.5) is 5.69 Å². The highest BCUT2D eigenvalue weighted by atomic mass is 127. The fourth-order valence-corrected chi connectivity index (χ4v) is 3.88. The zero-order chi connectivity index (χ0) is 14.5. The summed E-state index contributed by atoms with van der Waals surface area (Å²) in [6.07, 6.45) is 3.93. The molecule has 0 saturated carbocycles. The molecule has 1 N–H and O–H groups in total. The largest absolute Gasteiger partial charge is 0.374 e. The minimum Gasteiger partial charge on any atom is -0.355 e. The van der Waals surface area contributed by atoms with E-state index in [2.05, 4.69) is 79.5 Å². The van der Waals surface area contributed by atoms with Crippen LogP contribution in [0.1, 0.15) is 11.3 Å². The van der Waals surface area contributed by atoms with Gasteiger partial charge in [0.05, 0.1) is 5.69 Å². The minimum atomic E-state index is 0.458. The Morgan fingerprint density at radius 2 is 1.95 bits per heavy atom. The normalized spacial score (nSPS) is 10.1. The Balaban J connectivity index is 2.22. The number of nitrogens with zero attached hydrogens (tertiary/aromatic N) is 1. The van der Waals surface area contributed by atoms with Crippen LogP contribution < -0.4 is 5.32 Å². The third-order valence-corrected chi connectivity index (χ3v) is 4.74. The number of hydrogen-bond acceptors (Lipinski definition) is 2. The first-order valence-corrected chi connectivity index (χ1v) is 9.25. The molecular formula is C14H13BI2N2S. The number of benzene rings is 1. The minimum absolute atomic E-state index is 0.458. The van der Waals surface area contributed by atoms with Crippen LogP contribution in [-0.2, 0) is 0 Å². The topological polar surface area (TPSA) is 17.0 Å². The Kier molecular flexibility index (Phi) is 6.09. The molecule has 0 spiro atoms. The number of para-hydroxylation sites is 1. The Labute approximate surface area is 151 Å². The molecule has 0 radical (unpaired) electrons. The van der Waals surface area contributed by atoms with Crippen LogP contribution in [-0.4, -0.2) is 5.68 Å². The van der Waals surface area contributed by atoms with Crippen molar-refractivity contribution in [2.45, 2.75) is 0 Å². The van der Waals surface area contributed by atoms with E-state index in [0.717, 1.165) is 22.6 Å². The summed E-state index contributed by atoms with van der Waals surface area (Å²) in [5, 5.41) is 3.33. The van der Waals surface area contributed by atoms with Crippen molar-refractivity contribution >= 4 is 75.7 Å². The molecule has 1 aromatic carbocycles. The molecule has 0 aliphatic carbocycles. The molecule has 2 rings (SSSR count). The fourth-order valence-electron chi connectivity index (χ4n) is 1.82. The molecule has 1 heterocycles. The molecule has 0 atom stereocenters. The van der Waals surface area contributed by atoms with E-state index in [1.165, 1.54) is 0 Å². The molecule has 6 heteroatoms. The molecule has 2 aromatic rings. The monoisotopic (exact) mass is 506 g/mol. The first-order chi connectivity index (χ1) is 9.61. The number of hydrogen-bond donors (Lipinski definition) is 1. The van der Waals surface area contributed by atoms with Gasteiger partial charge in [-0.2, -0.15) is 0 Å².